The molecule has 1 atom stereocenters. The van der Waals surface area contributed by atoms with Crippen LogP contribution < -0.4 is 16.0 Å². The van der Waals surface area contributed by atoms with Crippen molar-refractivity contribution in [2.24, 2.45) is 0 Å². The van der Waals surface area contributed by atoms with Crippen molar-refractivity contribution < 1.29 is 9.59 Å². The molecule has 3 N–H and O–H groups in total. The summed E-state index contributed by atoms with van der Waals surface area (Å²) >= 11 is 6.08. The van der Waals surface area contributed by atoms with Crippen LogP contribution in [0.1, 0.15) is 25.5 Å². The molecule has 2 aromatic carbocycles. The highest BCUT2D eigenvalue weighted by molar-refractivity contribution is 6.33. The third kappa shape index (κ3) is 5.00. The van der Waals surface area contributed by atoms with Crippen LogP contribution in [0.2, 0.25) is 5.02 Å². The van der Waals surface area contributed by atoms with Gasteiger partial charge in [0.25, 0.3) is 0 Å². The number of hydrogen-bond donors (Lipinski definition) is 3. The Balaban J connectivity index is 2.03. The first-order valence-corrected chi connectivity index (χ1v) is 7.53. The van der Waals surface area contributed by atoms with Gasteiger partial charge in [-0.05, 0) is 30.7 Å². The zero-order valence-corrected chi connectivity index (χ0v) is 13.6. The van der Waals surface area contributed by atoms with E-state index in [1.165, 1.54) is 6.92 Å². The summed E-state index contributed by atoms with van der Waals surface area (Å²) in [6.07, 6.45) is 0. The van der Waals surface area contributed by atoms with Crippen LogP contribution in [0.5, 0.6) is 0 Å². The molecule has 3 amide bonds. The van der Waals surface area contributed by atoms with Crippen LogP contribution in [0.25, 0.3) is 0 Å². The van der Waals surface area contributed by atoms with Crippen LogP contribution >= 0.6 is 11.6 Å². The van der Waals surface area contributed by atoms with Gasteiger partial charge in [-0.3, -0.25) is 4.79 Å². The topological polar surface area (TPSA) is 70.2 Å². The molecule has 0 bridgehead atoms. The van der Waals surface area contributed by atoms with Crippen molar-refractivity contribution in [3.05, 3.63) is 59.1 Å². The predicted octanol–water partition coefficient (Wildman–Crippen LogP) is 4.18. The molecule has 5 nitrogen and oxygen atoms in total. The predicted molar refractivity (Wildman–Crippen MR) is 92.8 cm³/mol. The smallest absolute Gasteiger partial charge is 0.319 e. The number of rotatable bonds is 4. The Labute approximate surface area is 140 Å². The summed E-state index contributed by atoms with van der Waals surface area (Å²) in [4.78, 5) is 23.2. The summed E-state index contributed by atoms with van der Waals surface area (Å²) < 4.78 is 0. The fourth-order valence-corrected chi connectivity index (χ4v) is 2.25. The fraction of sp³-hybridized carbons (Fsp3) is 0.176. The standard InChI is InChI=1S/C17H18ClN3O2/c1-11(13-6-4-3-5-7-13)19-17(23)21-16-10-14(20-12(2)22)8-9-15(16)18/h3-11H,1-2H3,(H,20,22)(H2,19,21,23)/t11-/m0/s1. The highest BCUT2D eigenvalue weighted by Gasteiger charge is 2.11. The Morgan fingerprint density at radius 1 is 1.04 bits per heavy atom. The van der Waals surface area contributed by atoms with E-state index in [0.717, 1.165) is 5.56 Å². The van der Waals surface area contributed by atoms with Gasteiger partial charge in [0.1, 0.15) is 0 Å². The molecule has 120 valence electrons. The molecule has 0 saturated heterocycles. The van der Waals surface area contributed by atoms with Gasteiger partial charge < -0.3 is 16.0 Å². The number of carbonyl (C=O) groups excluding carboxylic acids is 2. The minimum Gasteiger partial charge on any atom is -0.331 e. The minimum absolute atomic E-state index is 0.145. The second kappa shape index (κ2) is 7.65. The average Bonchev–Trinajstić information content (AvgIpc) is 2.51. The number of nitrogens with one attached hydrogen (secondary N) is 3. The molecule has 6 heteroatoms. The van der Waals surface area contributed by atoms with E-state index in [0.29, 0.717) is 16.4 Å². The normalized spacial score (nSPS) is 11.4. The summed E-state index contributed by atoms with van der Waals surface area (Å²) in [7, 11) is 0. The highest BCUT2D eigenvalue weighted by atomic mass is 35.5. The van der Waals surface area contributed by atoms with Gasteiger partial charge in [-0.1, -0.05) is 41.9 Å². The highest BCUT2D eigenvalue weighted by Crippen LogP contribution is 2.25. The fourth-order valence-electron chi connectivity index (χ4n) is 2.08. The van der Waals surface area contributed by atoms with E-state index in [-0.39, 0.29) is 18.0 Å². The van der Waals surface area contributed by atoms with E-state index < -0.39 is 0 Å². The van der Waals surface area contributed by atoms with Crippen molar-refractivity contribution in [3.63, 3.8) is 0 Å². The van der Waals surface area contributed by atoms with Crippen molar-refractivity contribution in [1.82, 2.24) is 5.32 Å². The molecule has 0 fully saturated rings. The molecule has 0 heterocycles. The van der Waals surface area contributed by atoms with E-state index in [4.69, 9.17) is 11.6 Å². The molecule has 2 rings (SSSR count). The van der Waals surface area contributed by atoms with Gasteiger partial charge in [-0.2, -0.15) is 0 Å². The molecule has 0 saturated carbocycles. The summed E-state index contributed by atoms with van der Waals surface area (Å²) in [6, 6.07) is 14.0. The van der Waals surface area contributed by atoms with Gasteiger partial charge in [-0.25, -0.2) is 4.79 Å². The van der Waals surface area contributed by atoms with Gasteiger partial charge in [0.15, 0.2) is 0 Å². The van der Waals surface area contributed by atoms with Crippen LogP contribution in [0.4, 0.5) is 16.2 Å². The number of anilines is 2. The minimum atomic E-state index is -0.372. The summed E-state index contributed by atoms with van der Waals surface area (Å²) in [5.41, 5.74) is 1.99. The average molecular weight is 332 g/mol. The van der Waals surface area contributed by atoms with Crippen LogP contribution in [0.3, 0.4) is 0 Å². The van der Waals surface area contributed by atoms with Crippen LogP contribution in [0.15, 0.2) is 48.5 Å². The number of amides is 3. The first-order valence-electron chi connectivity index (χ1n) is 7.15. The van der Waals surface area contributed by atoms with Gasteiger partial charge in [0.05, 0.1) is 16.8 Å². The maximum atomic E-state index is 12.1. The van der Waals surface area contributed by atoms with E-state index in [1.54, 1.807) is 18.2 Å². The van der Waals surface area contributed by atoms with E-state index in [1.807, 2.05) is 37.3 Å². The Kier molecular flexibility index (Phi) is 5.60. The van der Waals surface area contributed by atoms with Gasteiger partial charge >= 0.3 is 6.03 Å². The zero-order chi connectivity index (χ0) is 16.8. The second-order valence-corrected chi connectivity index (χ2v) is 5.51. The number of urea groups is 1. The number of hydrogen-bond acceptors (Lipinski definition) is 2. The van der Waals surface area contributed by atoms with E-state index in [2.05, 4.69) is 16.0 Å². The first kappa shape index (κ1) is 16.8. The van der Waals surface area contributed by atoms with E-state index >= 15 is 0 Å². The van der Waals surface area contributed by atoms with Crippen molar-refractivity contribution in [3.8, 4) is 0 Å². The lowest BCUT2D eigenvalue weighted by atomic mass is 10.1. The van der Waals surface area contributed by atoms with Crippen molar-refractivity contribution in [1.29, 1.82) is 0 Å². The SMILES string of the molecule is CC(=O)Nc1ccc(Cl)c(NC(=O)N[C@@H](C)c2ccccc2)c1. The quantitative estimate of drug-likeness (QED) is 0.786. The summed E-state index contributed by atoms with van der Waals surface area (Å²) in [5.74, 6) is -0.194. The van der Waals surface area contributed by atoms with Crippen molar-refractivity contribution in [2.75, 3.05) is 10.6 Å². The summed E-state index contributed by atoms with van der Waals surface area (Å²) in [6.45, 7) is 3.31. The zero-order valence-electron chi connectivity index (χ0n) is 12.9. The second-order valence-electron chi connectivity index (χ2n) is 5.11. The lowest BCUT2D eigenvalue weighted by Gasteiger charge is -2.16. The molecule has 0 unspecified atom stereocenters. The van der Waals surface area contributed by atoms with Gasteiger partial charge in [0, 0.05) is 12.6 Å². The van der Waals surface area contributed by atoms with E-state index in [9.17, 15) is 9.59 Å². The molecule has 0 aliphatic heterocycles. The Bertz CT molecular complexity index is 704. The number of halogens is 1. The maximum Gasteiger partial charge on any atom is 0.319 e. The first-order chi connectivity index (χ1) is 11.0. The number of benzene rings is 2. The molecule has 23 heavy (non-hydrogen) atoms. The largest absolute Gasteiger partial charge is 0.331 e. The monoisotopic (exact) mass is 331 g/mol. The third-order valence-corrected chi connectivity index (χ3v) is 3.51. The van der Waals surface area contributed by atoms with Crippen molar-refractivity contribution >= 4 is 34.9 Å². The Morgan fingerprint density at radius 2 is 1.74 bits per heavy atom. The van der Waals surface area contributed by atoms with Crippen molar-refractivity contribution in [2.45, 2.75) is 19.9 Å². The molecule has 2 aromatic rings. The molecule has 0 aliphatic rings. The lowest BCUT2D eigenvalue weighted by Crippen LogP contribution is -2.31. The van der Waals surface area contributed by atoms with Crippen LogP contribution in [-0.2, 0) is 4.79 Å². The summed E-state index contributed by atoms with van der Waals surface area (Å²) in [5, 5.41) is 8.56. The molecule has 0 spiro atoms. The third-order valence-electron chi connectivity index (χ3n) is 3.18. The van der Waals surface area contributed by atoms with Crippen LogP contribution in [-0.4, -0.2) is 11.9 Å². The Hall–Kier alpha value is -2.53. The maximum absolute atomic E-state index is 12.1. The lowest BCUT2D eigenvalue weighted by molar-refractivity contribution is -0.114. The van der Waals surface area contributed by atoms with Crippen LogP contribution in [0, 0.1) is 0 Å². The Morgan fingerprint density at radius 3 is 2.39 bits per heavy atom. The number of carbonyl (C=O) groups is 2. The molecule has 0 radical (unpaired) electrons. The molecule has 0 aliphatic carbocycles. The molecule has 0 aromatic heterocycles. The van der Waals surface area contributed by atoms with Gasteiger partial charge in [0.2, 0.25) is 5.91 Å². The molecular weight excluding hydrogens is 314 g/mol. The molecular formula is C17H18ClN3O2. The van der Waals surface area contributed by atoms with Gasteiger partial charge in [-0.15, -0.1) is 0 Å².